The molecule has 3 N–H and O–H groups in total. The average molecular weight is 310 g/mol. The van der Waals surface area contributed by atoms with Crippen LogP contribution in [-0.2, 0) is 11.2 Å². The van der Waals surface area contributed by atoms with Crippen molar-refractivity contribution in [3.8, 4) is 0 Å². The van der Waals surface area contributed by atoms with E-state index in [9.17, 15) is 14.3 Å². The Bertz CT molecular complexity index is 886. The van der Waals surface area contributed by atoms with Gasteiger partial charge in [0.15, 0.2) is 0 Å². The van der Waals surface area contributed by atoms with Crippen molar-refractivity contribution in [2.45, 2.75) is 18.5 Å². The summed E-state index contributed by atoms with van der Waals surface area (Å²) in [4.78, 5) is 14.9. The zero-order valence-corrected chi connectivity index (χ0v) is 12.2. The highest BCUT2D eigenvalue weighted by atomic mass is 19.1. The zero-order chi connectivity index (χ0) is 16.0. The van der Waals surface area contributed by atoms with Crippen LogP contribution in [0.15, 0.2) is 48.5 Å². The summed E-state index contributed by atoms with van der Waals surface area (Å²) in [6.45, 7) is 0. The molecule has 5 heteroatoms. The predicted molar refractivity (Wildman–Crippen MR) is 84.8 cm³/mol. The van der Waals surface area contributed by atoms with E-state index in [2.05, 4.69) is 10.3 Å². The molecule has 1 aromatic heterocycles. The summed E-state index contributed by atoms with van der Waals surface area (Å²) in [6.07, 6.45) is 0.423. The average Bonchev–Trinajstić information content (AvgIpc) is 2.93. The maximum atomic E-state index is 13.2. The third-order valence-electron chi connectivity index (χ3n) is 4.41. The van der Waals surface area contributed by atoms with Gasteiger partial charge in [-0.05, 0) is 29.3 Å². The normalized spacial score (nSPS) is 20.4. The number of benzene rings is 2. The molecule has 116 valence electrons. The van der Waals surface area contributed by atoms with E-state index in [0.29, 0.717) is 6.42 Å². The summed E-state index contributed by atoms with van der Waals surface area (Å²) in [5.74, 6) is -1.19. The van der Waals surface area contributed by atoms with Crippen LogP contribution in [-0.4, -0.2) is 22.1 Å². The van der Waals surface area contributed by atoms with Crippen LogP contribution in [0.3, 0.4) is 0 Å². The summed E-state index contributed by atoms with van der Waals surface area (Å²) in [6, 6.07) is 13.1. The minimum Gasteiger partial charge on any atom is -0.480 e. The van der Waals surface area contributed by atoms with E-state index in [1.165, 1.54) is 12.1 Å². The summed E-state index contributed by atoms with van der Waals surface area (Å²) in [5.41, 5.74) is 3.79. The first-order valence-electron chi connectivity index (χ1n) is 7.47. The second kappa shape index (κ2) is 5.21. The van der Waals surface area contributed by atoms with Gasteiger partial charge in [-0.3, -0.25) is 10.1 Å². The highest BCUT2D eigenvalue weighted by Gasteiger charge is 2.33. The number of halogens is 1. The Labute approximate surface area is 132 Å². The summed E-state index contributed by atoms with van der Waals surface area (Å²) in [7, 11) is 0. The van der Waals surface area contributed by atoms with Crippen molar-refractivity contribution in [3.05, 3.63) is 71.2 Å². The largest absolute Gasteiger partial charge is 0.480 e. The fourth-order valence-corrected chi connectivity index (χ4v) is 3.31. The third-order valence-corrected chi connectivity index (χ3v) is 4.41. The molecule has 0 saturated heterocycles. The maximum Gasteiger partial charge on any atom is 0.321 e. The van der Waals surface area contributed by atoms with Crippen LogP contribution < -0.4 is 5.32 Å². The van der Waals surface area contributed by atoms with Crippen LogP contribution in [0.1, 0.15) is 22.9 Å². The predicted octanol–water partition coefficient (Wildman–Crippen LogP) is 3.00. The van der Waals surface area contributed by atoms with Crippen molar-refractivity contribution >= 4 is 16.9 Å². The monoisotopic (exact) mass is 310 g/mol. The number of carbonyl (C=O) groups is 1. The molecule has 0 spiro atoms. The SMILES string of the molecule is O=C(O)[C@@H]1Cc2c([nH]c3ccccc23)[C@@H](c2ccc(F)cc2)N1. The van der Waals surface area contributed by atoms with Gasteiger partial charge in [0.05, 0.1) is 6.04 Å². The second-order valence-electron chi connectivity index (χ2n) is 5.81. The topological polar surface area (TPSA) is 65.1 Å². The number of rotatable bonds is 2. The van der Waals surface area contributed by atoms with Crippen molar-refractivity contribution in [1.82, 2.24) is 10.3 Å². The van der Waals surface area contributed by atoms with E-state index in [0.717, 1.165) is 27.7 Å². The van der Waals surface area contributed by atoms with Crippen LogP contribution in [0.25, 0.3) is 10.9 Å². The number of aromatic nitrogens is 1. The molecule has 2 atom stereocenters. The number of hydrogen-bond donors (Lipinski definition) is 3. The molecule has 4 nitrogen and oxygen atoms in total. The molecule has 1 aliphatic heterocycles. The third kappa shape index (κ3) is 2.29. The van der Waals surface area contributed by atoms with Crippen LogP contribution in [0, 0.1) is 5.82 Å². The molecular weight excluding hydrogens is 295 g/mol. The highest BCUT2D eigenvalue weighted by molar-refractivity contribution is 5.87. The Balaban J connectivity index is 1.89. The van der Waals surface area contributed by atoms with Crippen molar-refractivity contribution in [2.75, 3.05) is 0 Å². The molecule has 1 aliphatic rings. The number of nitrogens with one attached hydrogen (secondary N) is 2. The molecule has 0 unspecified atom stereocenters. The highest BCUT2D eigenvalue weighted by Crippen LogP contribution is 2.35. The van der Waals surface area contributed by atoms with Gasteiger partial charge in [-0.15, -0.1) is 0 Å². The van der Waals surface area contributed by atoms with Gasteiger partial charge in [0.2, 0.25) is 0 Å². The van der Waals surface area contributed by atoms with E-state index in [4.69, 9.17) is 0 Å². The molecule has 2 heterocycles. The van der Waals surface area contributed by atoms with E-state index >= 15 is 0 Å². The lowest BCUT2D eigenvalue weighted by atomic mass is 9.90. The second-order valence-corrected chi connectivity index (χ2v) is 5.81. The Morgan fingerprint density at radius 1 is 1.13 bits per heavy atom. The molecule has 23 heavy (non-hydrogen) atoms. The van der Waals surface area contributed by atoms with E-state index in [-0.39, 0.29) is 11.9 Å². The molecule has 0 fully saturated rings. The number of hydrogen-bond acceptors (Lipinski definition) is 2. The first-order chi connectivity index (χ1) is 11.1. The van der Waals surface area contributed by atoms with Crippen molar-refractivity contribution in [3.63, 3.8) is 0 Å². The Hall–Kier alpha value is -2.66. The molecule has 0 bridgehead atoms. The maximum absolute atomic E-state index is 13.2. The molecule has 3 aromatic rings. The van der Waals surface area contributed by atoms with Gasteiger partial charge in [-0.2, -0.15) is 0 Å². The fraction of sp³-hybridized carbons (Fsp3) is 0.167. The number of aromatic amines is 1. The molecule has 0 radical (unpaired) electrons. The Morgan fingerprint density at radius 3 is 2.61 bits per heavy atom. The first-order valence-corrected chi connectivity index (χ1v) is 7.47. The molecule has 0 aliphatic carbocycles. The van der Waals surface area contributed by atoms with Gasteiger partial charge in [-0.1, -0.05) is 30.3 Å². The van der Waals surface area contributed by atoms with E-state index in [1.807, 2.05) is 24.3 Å². The number of carboxylic acid groups (broad SMARTS) is 1. The minimum absolute atomic E-state index is 0.298. The standard InChI is InChI=1S/C18H15FN2O2/c19-11-7-5-10(6-8-11)16-17-13(9-15(21-16)18(22)23)12-3-1-2-4-14(12)20-17/h1-8,15-16,20-21H,9H2,(H,22,23)/t15-,16+/m0/s1. The fourth-order valence-electron chi connectivity index (χ4n) is 3.31. The number of H-pyrrole nitrogens is 1. The molecule has 2 aromatic carbocycles. The van der Waals surface area contributed by atoms with Crippen molar-refractivity contribution in [2.24, 2.45) is 0 Å². The number of para-hydroxylation sites is 1. The number of aliphatic carboxylic acids is 1. The van der Waals surface area contributed by atoms with Crippen molar-refractivity contribution in [1.29, 1.82) is 0 Å². The zero-order valence-electron chi connectivity index (χ0n) is 12.2. The van der Waals surface area contributed by atoms with Gasteiger partial charge in [0.1, 0.15) is 11.9 Å². The lowest BCUT2D eigenvalue weighted by molar-refractivity contribution is -0.139. The first kappa shape index (κ1) is 14.0. The van der Waals surface area contributed by atoms with E-state index < -0.39 is 12.0 Å². The quantitative estimate of drug-likeness (QED) is 0.682. The summed E-state index contributed by atoms with van der Waals surface area (Å²) >= 11 is 0. The molecule has 0 amide bonds. The van der Waals surface area contributed by atoms with Crippen LogP contribution in [0.2, 0.25) is 0 Å². The smallest absolute Gasteiger partial charge is 0.321 e. The minimum atomic E-state index is -0.881. The van der Waals surface area contributed by atoms with Gasteiger partial charge in [0.25, 0.3) is 0 Å². The number of carboxylic acids is 1. The van der Waals surface area contributed by atoms with Crippen LogP contribution in [0.5, 0.6) is 0 Å². The van der Waals surface area contributed by atoms with E-state index in [1.54, 1.807) is 12.1 Å². The molecular formula is C18H15FN2O2. The Morgan fingerprint density at radius 2 is 1.87 bits per heavy atom. The summed E-state index contributed by atoms with van der Waals surface area (Å²) < 4.78 is 13.2. The van der Waals surface area contributed by atoms with Crippen LogP contribution >= 0.6 is 0 Å². The Kier molecular flexibility index (Phi) is 3.16. The van der Waals surface area contributed by atoms with Gasteiger partial charge in [0, 0.05) is 23.0 Å². The lowest BCUT2D eigenvalue weighted by Crippen LogP contribution is -2.44. The molecule has 0 saturated carbocycles. The van der Waals surface area contributed by atoms with Gasteiger partial charge >= 0.3 is 5.97 Å². The lowest BCUT2D eigenvalue weighted by Gasteiger charge is -2.29. The van der Waals surface area contributed by atoms with Gasteiger partial charge in [-0.25, -0.2) is 4.39 Å². The van der Waals surface area contributed by atoms with Crippen LogP contribution in [0.4, 0.5) is 4.39 Å². The van der Waals surface area contributed by atoms with Crippen molar-refractivity contribution < 1.29 is 14.3 Å². The summed E-state index contributed by atoms with van der Waals surface area (Å²) in [5, 5.41) is 13.6. The van der Waals surface area contributed by atoms with Gasteiger partial charge < -0.3 is 10.1 Å². The number of fused-ring (bicyclic) bond motifs is 3. The molecule has 4 rings (SSSR count).